The molecule has 0 saturated heterocycles. The SMILES string of the molecule is COc1cc(CNCc2cc(-c3ccc(C)c(C(=O)O)c3)c3c(n2)CCCC3)ccc1F. The number of carbonyl (C=O) groups is 1. The fraction of sp³-hybridized carbons (Fsp3) is 0.308. The van der Waals surface area contributed by atoms with Crippen molar-refractivity contribution in [2.75, 3.05) is 7.11 Å². The van der Waals surface area contributed by atoms with Gasteiger partial charge < -0.3 is 15.2 Å². The van der Waals surface area contributed by atoms with Crippen LogP contribution in [-0.4, -0.2) is 23.2 Å². The molecule has 1 aliphatic rings. The van der Waals surface area contributed by atoms with Crippen molar-refractivity contribution in [1.82, 2.24) is 10.3 Å². The molecule has 0 radical (unpaired) electrons. The van der Waals surface area contributed by atoms with E-state index in [2.05, 4.69) is 11.4 Å². The number of nitrogens with one attached hydrogen (secondary N) is 1. The molecular weight excluding hydrogens is 407 g/mol. The number of pyridine rings is 1. The Morgan fingerprint density at radius 2 is 1.94 bits per heavy atom. The lowest BCUT2D eigenvalue weighted by Crippen LogP contribution is -2.16. The third-order valence-corrected chi connectivity index (χ3v) is 5.98. The summed E-state index contributed by atoms with van der Waals surface area (Å²) in [6.07, 6.45) is 4.11. The molecule has 3 aromatic rings. The Hall–Kier alpha value is -3.25. The van der Waals surface area contributed by atoms with E-state index in [1.807, 2.05) is 19.1 Å². The molecule has 4 rings (SSSR count). The highest BCUT2D eigenvalue weighted by Gasteiger charge is 2.19. The Morgan fingerprint density at radius 3 is 2.72 bits per heavy atom. The molecule has 0 saturated carbocycles. The van der Waals surface area contributed by atoms with Crippen LogP contribution in [0.2, 0.25) is 0 Å². The highest BCUT2D eigenvalue weighted by Crippen LogP contribution is 2.32. The first-order valence-corrected chi connectivity index (χ1v) is 10.9. The van der Waals surface area contributed by atoms with E-state index < -0.39 is 5.97 Å². The van der Waals surface area contributed by atoms with Crippen molar-refractivity contribution in [3.05, 3.63) is 81.9 Å². The molecule has 1 aliphatic carbocycles. The first-order chi connectivity index (χ1) is 15.5. The topological polar surface area (TPSA) is 71.5 Å². The van der Waals surface area contributed by atoms with Crippen molar-refractivity contribution in [3.63, 3.8) is 0 Å². The fourth-order valence-electron chi connectivity index (χ4n) is 4.28. The maximum atomic E-state index is 13.6. The summed E-state index contributed by atoms with van der Waals surface area (Å²) in [5.74, 6) is -1.06. The van der Waals surface area contributed by atoms with Gasteiger partial charge in [0.05, 0.1) is 18.4 Å². The van der Waals surface area contributed by atoms with E-state index in [4.69, 9.17) is 9.72 Å². The minimum Gasteiger partial charge on any atom is -0.494 e. The van der Waals surface area contributed by atoms with Crippen molar-refractivity contribution in [2.24, 2.45) is 0 Å². The van der Waals surface area contributed by atoms with Gasteiger partial charge in [0.25, 0.3) is 0 Å². The molecule has 166 valence electrons. The third-order valence-electron chi connectivity index (χ3n) is 5.98. The Balaban J connectivity index is 1.60. The summed E-state index contributed by atoms with van der Waals surface area (Å²) >= 11 is 0. The number of rotatable bonds is 7. The largest absolute Gasteiger partial charge is 0.494 e. The van der Waals surface area contributed by atoms with Crippen LogP contribution < -0.4 is 10.1 Å². The lowest BCUT2D eigenvalue weighted by molar-refractivity contribution is 0.0696. The second-order valence-electron chi connectivity index (χ2n) is 8.20. The second kappa shape index (κ2) is 9.49. The Bertz CT molecular complexity index is 1160. The molecule has 0 aliphatic heterocycles. The average molecular weight is 435 g/mol. The van der Waals surface area contributed by atoms with Crippen molar-refractivity contribution in [1.29, 1.82) is 0 Å². The zero-order chi connectivity index (χ0) is 22.7. The van der Waals surface area contributed by atoms with E-state index in [-0.39, 0.29) is 11.6 Å². The van der Waals surface area contributed by atoms with Crippen LogP contribution in [0.15, 0.2) is 42.5 Å². The Kier molecular flexibility index (Phi) is 6.51. The van der Waals surface area contributed by atoms with Gasteiger partial charge in [0.15, 0.2) is 11.6 Å². The number of aromatic nitrogens is 1. The fourth-order valence-corrected chi connectivity index (χ4v) is 4.28. The predicted molar refractivity (Wildman–Crippen MR) is 122 cm³/mol. The molecule has 2 N–H and O–H groups in total. The molecule has 0 amide bonds. The lowest BCUT2D eigenvalue weighted by atomic mass is 9.88. The van der Waals surface area contributed by atoms with Gasteiger partial charge in [0.1, 0.15) is 0 Å². The molecule has 1 heterocycles. The van der Waals surface area contributed by atoms with Gasteiger partial charge >= 0.3 is 5.97 Å². The molecule has 0 spiro atoms. The van der Waals surface area contributed by atoms with E-state index in [1.165, 1.54) is 18.7 Å². The van der Waals surface area contributed by atoms with E-state index in [0.29, 0.717) is 18.7 Å². The molecule has 0 atom stereocenters. The summed E-state index contributed by atoms with van der Waals surface area (Å²) in [7, 11) is 1.45. The van der Waals surface area contributed by atoms with E-state index in [9.17, 15) is 14.3 Å². The van der Waals surface area contributed by atoms with Crippen molar-refractivity contribution < 1.29 is 19.0 Å². The quantitative estimate of drug-likeness (QED) is 0.543. The van der Waals surface area contributed by atoms with Crippen LogP contribution in [0.3, 0.4) is 0 Å². The molecule has 2 aromatic carbocycles. The normalized spacial score (nSPS) is 13.0. The van der Waals surface area contributed by atoms with Gasteiger partial charge in [0, 0.05) is 18.8 Å². The number of ether oxygens (including phenoxy) is 1. The Labute approximate surface area is 187 Å². The smallest absolute Gasteiger partial charge is 0.335 e. The first-order valence-electron chi connectivity index (χ1n) is 10.9. The summed E-state index contributed by atoms with van der Waals surface area (Å²) in [5, 5.41) is 12.9. The van der Waals surface area contributed by atoms with Gasteiger partial charge in [-0.25, -0.2) is 9.18 Å². The number of nitrogens with zero attached hydrogens (tertiary/aromatic N) is 1. The molecule has 6 heteroatoms. The van der Waals surface area contributed by atoms with Crippen LogP contribution >= 0.6 is 0 Å². The van der Waals surface area contributed by atoms with Gasteiger partial charge in [-0.05, 0) is 84.7 Å². The number of carboxylic acids is 1. The third kappa shape index (κ3) is 4.65. The minimum absolute atomic E-state index is 0.229. The molecule has 5 nitrogen and oxygen atoms in total. The first kappa shape index (κ1) is 22.0. The molecule has 1 aromatic heterocycles. The van der Waals surface area contributed by atoms with Gasteiger partial charge in [-0.15, -0.1) is 0 Å². The molecular formula is C26H27FN2O3. The molecule has 0 unspecified atom stereocenters. The number of hydrogen-bond donors (Lipinski definition) is 2. The number of carboxylic acid groups (broad SMARTS) is 1. The summed E-state index contributed by atoms with van der Waals surface area (Å²) < 4.78 is 18.7. The van der Waals surface area contributed by atoms with Crippen LogP contribution in [-0.2, 0) is 25.9 Å². The molecule has 0 bridgehead atoms. The van der Waals surface area contributed by atoms with Gasteiger partial charge in [-0.1, -0.05) is 18.2 Å². The van der Waals surface area contributed by atoms with E-state index in [0.717, 1.165) is 59.3 Å². The lowest BCUT2D eigenvalue weighted by Gasteiger charge is -2.21. The van der Waals surface area contributed by atoms with Crippen LogP contribution in [0, 0.1) is 12.7 Å². The van der Waals surface area contributed by atoms with Crippen LogP contribution in [0.1, 0.15) is 51.3 Å². The summed E-state index contributed by atoms with van der Waals surface area (Å²) in [6.45, 7) is 2.92. The van der Waals surface area contributed by atoms with Crippen molar-refractivity contribution in [3.8, 4) is 16.9 Å². The maximum absolute atomic E-state index is 13.6. The predicted octanol–water partition coefficient (Wildman–Crippen LogP) is 5.07. The number of halogens is 1. The van der Waals surface area contributed by atoms with Crippen molar-refractivity contribution in [2.45, 2.75) is 45.7 Å². The van der Waals surface area contributed by atoms with Crippen LogP contribution in [0.5, 0.6) is 5.75 Å². The Morgan fingerprint density at radius 1 is 1.12 bits per heavy atom. The minimum atomic E-state index is -0.913. The highest BCUT2D eigenvalue weighted by molar-refractivity contribution is 5.91. The number of benzene rings is 2. The highest BCUT2D eigenvalue weighted by atomic mass is 19.1. The monoisotopic (exact) mass is 434 g/mol. The van der Waals surface area contributed by atoms with Crippen LogP contribution in [0.4, 0.5) is 4.39 Å². The maximum Gasteiger partial charge on any atom is 0.335 e. The molecule has 0 fully saturated rings. The molecule has 32 heavy (non-hydrogen) atoms. The van der Waals surface area contributed by atoms with E-state index in [1.54, 1.807) is 18.2 Å². The van der Waals surface area contributed by atoms with E-state index >= 15 is 0 Å². The number of aryl methyl sites for hydroxylation is 2. The zero-order valence-electron chi connectivity index (χ0n) is 18.4. The summed E-state index contributed by atoms with van der Waals surface area (Å²) in [5.41, 5.74) is 7.22. The number of hydrogen-bond acceptors (Lipinski definition) is 4. The number of methoxy groups -OCH3 is 1. The second-order valence-corrected chi connectivity index (χ2v) is 8.20. The standard InChI is InChI=1S/C26H27FN2O3/c1-16-7-9-18(12-21(16)26(30)31)22-13-19(29-24-6-4-3-5-20(22)24)15-28-14-17-8-10-23(27)25(11-17)32-2/h7-13,28H,3-6,14-15H2,1-2H3,(H,30,31). The van der Waals surface area contributed by atoms with Gasteiger partial charge in [0.2, 0.25) is 0 Å². The number of fused-ring (bicyclic) bond motifs is 1. The number of aromatic carboxylic acids is 1. The van der Waals surface area contributed by atoms with Crippen molar-refractivity contribution >= 4 is 5.97 Å². The van der Waals surface area contributed by atoms with Gasteiger partial charge in [-0.2, -0.15) is 0 Å². The summed E-state index contributed by atoms with van der Waals surface area (Å²) in [4.78, 5) is 16.5. The average Bonchev–Trinajstić information content (AvgIpc) is 2.80. The van der Waals surface area contributed by atoms with Gasteiger partial charge in [-0.3, -0.25) is 4.98 Å². The zero-order valence-corrected chi connectivity index (χ0v) is 18.4. The summed E-state index contributed by atoms with van der Waals surface area (Å²) in [6, 6.07) is 12.5. The van der Waals surface area contributed by atoms with Crippen LogP contribution in [0.25, 0.3) is 11.1 Å².